The van der Waals surface area contributed by atoms with E-state index in [-0.39, 0.29) is 11.9 Å². The molecule has 1 heterocycles. The van der Waals surface area contributed by atoms with Crippen LogP contribution in [0.1, 0.15) is 34.1 Å². The molecule has 1 aromatic carbocycles. The van der Waals surface area contributed by atoms with Gasteiger partial charge in [-0.05, 0) is 69.1 Å². The summed E-state index contributed by atoms with van der Waals surface area (Å²) in [6.45, 7) is 5.88. The van der Waals surface area contributed by atoms with Crippen molar-refractivity contribution in [2.24, 2.45) is 0 Å². The van der Waals surface area contributed by atoms with Gasteiger partial charge in [0.05, 0.1) is 11.4 Å². The third kappa shape index (κ3) is 3.20. The van der Waals surface area contributed by atoms with E-state index in [1.54, 1.807) is 6.07 Å². The van der Waals surface area contributed by atoms with Gasteiger partial charge >= 0.3 is 0 Å². The van der Waals surface area contributed by atoms with Gasteiger partial charge in [-0.3, -0.25) is 0 Å². The van der Waals surface area contributed by atoms with E-state index >= 15 is 0 Å². The summed E-state index contributed by atoms with van der Waals surface area (Å²) < 4.78 is 13.4. The SMILES string of the molecule is CNC(Cc1cc(F)ccc1C)c1cc(C)nnc1C. The molecular weight excluding hydrogens is 253 g/mol. The second-order valence-electron chi connectivity index (χ2n) is 5.14. The Morgan fingerprint density at radius 2 is 1.90 bits per heavy atom. The molecule has 0 aliphatic carbocycles. The zero-order valence-corrected chi connectivity index (χ0v) is 12.4. The summed E-state index contributed by atoms with van der Waals surface area (Å²) in [6.07, 6.45) is 0.728. The van der Waals surface area contributed by atoms with E-state index in [9.17, 15) is 4.39 Å². The van der Waals surface area contributed by atoms with E-state index in [2.05, 4.69) is 15.5 Å². The Morgan fingerprint density at radius 3 is 2.60 bits per heavy atom. The number of likely N-dealkylation sites (N-methyl/N-ethyl adjacent to an activating group) is 1. The Labute approximate surface area is 119 Å². The van der Waals surface area contributed by atoms with E-state index in [4.69, 9.17) is 0 Å². The van der Waals surface area contributed by atoms with Crippen LogP contribution in [-0.2, 0) is 6.42 Å². The first-order chi connectivity index (χ1) is 9.51. The zero-order valence-electron chi connectivity index (χ0n) is 12.4. The number of nitrogens with zero attached hydrogens (tertiary/aromatic N) is 2. The van der Waals surface area contributed by atoms with Crippen molar-refractivity contribution in [2.75, 3.05) is 7.05 Å². The predicted octanol–water partition coefficient (Wildman–Crippen LogP) is 3.04. The lowest BCUT2D eigenvalue weighted by molar-refractivity contribution is 0.574. The molecule has 20 heavy (non-hydrogen) atoms. The zero-order chi connectivity index (χ0) is 14.7. The number of aryl methyl sites for hydroxylation is 3. The first kappa shape index (κ1) is 14.6. The number of aromatic nitrogens is 2. The van der Waals surface area contributed by atoms with Gasteiger partial charge in [0, 0.05) is 6.04 Å². The minimum atomic E-state index is -0.193. The second-order valence-corrected chi connectivity index (χ2v) is 5.14. The van der Waals surface area contributed by atoms with Gasteiger partial charge in [-0.15, -0.1) is 0 Å². The van der Waals surface area contributed by atoms with Gasteiger partial charge in [0.1, 0.15) is 5.82 Å². The van der Waals surface area contributed by atoms with Crippen LogP contribution in [0.2, 0.25) is 0 Å². The second kappa shape index (κ2) is 6.09. The third-order valence-electron chi connectivity index (χ3n) is 3.60. The average Bonchev–Trinajstić information content (AvgIpc) is 2.42. The average molecular weight is 273 g/mol. The number of halogens is 1. The quantitative estimate of drug-likeness (QED) is 0.930. The van der Waals surface area contributed by atoms with Crippen molar-refractivity contribution in [3.05, 3.63) is 58.2 Å². The number of hydrogen-bond acceptors (Lipinski definition) is 3. The van der Waals surface area contributed by atoms with Crippen LogP contribution in [0.25, 0.3) is 0 Å². The molecule has 0 saturated carbocycles. The summed E-state index contributed by atoms with van der Waals surface area (Å²) in [5, 5.41) is 11.5. The highest BCUT2D eigenvalue weighted by atomic mass is 19.1. The summed E-state index contributed by atoms with van der Waals surface area (Å²) in [6, 6.07) is 7.07. The highest BCUT2D eigenvalue weighted by molar-refractivity contribution is 5.31. The van der Waals surface area contributed by atoms with Crippen molar-refractivity contribution in [3.63, 3.8) is 0 Å². The van der Waals surface area contributed by atoms with Crippen molar-refractivity contribution >= 4 is 0 Å². The molecule has 106 valence electrons. The topological polar surface area (TPSA) is 37.8 Å². The molecular formula is C16H20FN3. The molecule has 1 N–H and O–H groups in total. The fourth-order valence-electron chi connectivity index (χ4n) is 2.37. The molecule has 1 atom stereocenters. The Kier molecular flexibility index (Phi) is 4.45. The Balaban J connectivity index is 2.33. The van der Waals surface area contributed by atoms with Crippen molar-refractivity contribution in [1.29, 1.82) is 0 Å². The molecule has 1 unspecified atom stereocenters. The van der Waals surface area contributed by atoms with Crippen LogP contribution in [0.15, 0.2) is 24.3 Å². The minimum absolute atomic E-state index is 0.102. The first-order valence-corrected chi connectivity index (χ1v) is 6.74. The minimum Gasteiger partial charge on any atom is -0.313 e. The van der Waals surface area contributed by atoms with E-state index in [0.29, 0.717) is 0 Å². The van der Waals surface area contributed by atoms with Crippen LogP contribution in [0.4, 0.5) is 4.39 Å². The van der Waals surface area contributed by atoms with E-state index < -0.39 is 0 Å². The molecule has 0 amide bonds. The van der Waals surface area contributed by atoms with Crippen molar-refractivity contribution < 1.29 is 4.39 Å². The van der Waals surface area contributed by atoms with Crippen LogP contribution in [-0.4, -0.2) is 17.2 Å². The first-order valence-electron chi connectivity index (χ1n) is 6.74. The summed E-state index contributed by atoms with van der Waals surface area (Å²) in [7, 11) is 1.91. The molecule has 0 bridgehead atoms. The Hall–Kier alpha value is -1.81. The molecule has 0 aliphatic heterocycles. The van der Waals surface area contributed by atoms with Crippen LogP contribution in [0, 0.1) is 26.6 Å². The maximum atomic E-state index is 13.4. The lowest BCUT2D eigenvalue weighted by Crippen LogP contribution is -2.21. The molecule has 0 radical (unpaired) electrons. The molecule has 3 nitrogen and oxygen atoms in total. The maximum absolute atomic E-state index is 13.4. The fourth-order valence-corrected chi connectivity index (χ4v) is 2.37. The summed E-state index contributed by atoms with van der Waals surface area (Å²) in [5.41, 5.74) is 5.02. The number of hydrogen-bond donors (Lipinski definition) is 1. The maximum Gasteiger partial charge on any atom is 0.123 e. The fraction of sp³-hybridized carbons (Fsp3) is 0.375. The van der Waals surface area contributed by atoms with E-state index in [0.717, 1.165) is 34.5 Å². The van der Waals surface area contributed by atoms with Gasteiger partial charge in [-0.25, -0.2) is 4.39 Å². The normalized spacial score (nSPS) is 12.4. The van der Waals surface area contributed by atoms with Crippen molar-refractivity contribution in [2.45, 2.75) is 33.2 Å². The van der Waals surface area contributed by atoms with Gasteiger partial charge in [-0.2, -0.15) is 10.2 Å². The molecule has 0 aliphatic rings. The van der Waals surface area contributed by atoms with Gasteiger partial charge in [-0.1, -0.05) is 6.07 Å². The van der Waals surface area contributed by atoms with Crippen molar-refractivity contribution in [3.8, 4) is 0 Å². The molecule has 1 aromatic heterocycles. The number of nitrogens with one attached hydrogen (secondary N) is 1. The summed E-state index contributed by atoms with van der Waals surface area (Å²) in [5.74, 6) is -0.193. The van der Waals surface area contributed by atoms with Gasteiger partial charge in [0.15, 0.2) is 0 Å². The molecule has 0 saturated heterocycles. The summed E-state index contributed by atoms with van der Waals surface area (Å²) >= 11 is 0. The largest absolute Gasteiger partial charge is 0.313 e. The highest BCUT2D eigenvalue weighted by Gasteiger charge is 2.15. The summed E-state index contributed by atoms with van der Waals surface area (Å²) in [4.78, 5) is 0. The smallest absolute Gasteiger partial charge is 0.123 e. The van der Waals surface area contributed by atoms with Gasteiger partial charge < -0.3 is 5.32 Å². The van der Waals surface area contributed by atoms with E-state index in [1.165, 1.54) is 6.07 Å². The number of benzene rings is 1. The van der Waals surface area contributed by atoms with E-state index in [1.807, 2.05) is 40.0 Å². The molecule has 4 heteroatoms. The highest BCUT2D eigenvalue weighted by Crippen LogP contribution is 2.23. The van der Waals surface area contributed by atoms with Crippen LogP contribution >= 0.6 is 0 Å². The molecule has 2 rings (SSSR count). The van der Waals surface area contributed by atoms with Crippen LogP contribution < -0.4 is 5.32 Å². The number of rotatable bonds is 4. The monoisotopic (exact) mass is 273 g/mol. The molecule has 0 spiro atoms. The molecule has 0 fully saturated rings. The van der Waals surface area contributed by atoms with Crippen LogP contribution in [0.3, 0.4) is 0 Å². The Morgan fingerprint density at radius 1 is 1.15 bits per heavy atom. The lowest BCUT2D eigenvalue weighted by Gasteiger charge is -2.19. The third-order valence-corrected chi connectivity index (χ3v) is 3.60. The standard InChI is InChI=1S/C16H20FN3/c1-10-5-6-14(17)8-13(10)9-16(18-4)15-7-11(2)19-20-12(15)3/h5-8,16,18H,9H2,1-4H3. The van der Waals surface area contributed by atoms with Gasteiger partial charge in [0.25, 0.3) is 0 Å². The molecule has 2 aromatic rings. The Bertz CT molecular complexity index is 611. The predicted molar refractivity (Wildman–Crippen MR) is 78.1 cm³/mol. The van der Waals surface area contributed by atoms with Crippen molar-refractivity contribution in [1.82, 2.24) is 15.5 Å². The lowest BCUT2D eigenvalue weighted by atomic mass is 9.95. The van der Waals surface area contributed by atoms with Crippen LogP contribution in [0.5, 0.6) is 0 Å². The van der Waals surface area contributed by atoms with Gasteiger partial charge in [0.2, 0.25) is 0 Å².